The predicted molar refractivity (Wildman–Crippen MR) is 124 cm³/mol. The van der Waals surface area contributed by atoms with Crippen LogP contribution in [0.1, 0.15) is 24.3 Å². The Bertz CT molecular complexity index is 1280. The number of halogens is 1. The van der Waals surface area contributed by atoms with Crippen LogP contribution in [-0.2, 0) is 14.4 Å². The van der Waals surface area contributed by atoms with Crippen molar-refractivity contribution in [3.05, 3.63) is 65.6 Å². The first-order valence-corrected chi connectivity index (χ1v) is 10.9. The third-order valence-electron chi connectivity index (χ3n) is 5.98. The van der Waals surface area contributed by atoms with E-state index in [0.29, 0.717) is 34.2 Å². The largest absolute Gasteiger partial charge is 0.348 e. The molecule has 33 heavy (non-hydrogen) atoms. The zero-order chi connectivity index (χ0) is 23.1. The molecule has 2 aliphatic rings. The lowest BCUT2D eigenvalue weighted by Gasteiger charge is -2.33. The summed E-state index contributed by atoms with van der Waals surface area (Å²) in [5.41, 5.74) is 3.65. The van der Waals surface area contributed by atoms with Gasteiger partial charge in [-0.2, -0.15) is 0 Å². The average molecular weight is 462 g/mol. The van der Waals surface area contributed by atoms with Crippen LogP contribution in [0.25, 0.3) is 11.1 Å². The van der Waals surface area contributed by atoms with Crippen molar-refractivity contribution in [2.45, 2.75) is 18.8 Å². The molecule has 3 heterocycles. The summed E-state index contributed by atoms with van der Waals surface area (Å²) in [6, 6.07) is 13.0. The van der Waals surface area contributed by atoms with Crippen molar-refractivity contribution >= 4 is 46.5 Å². The summed E-state index contributed by atoms with van der Waals surface area (Å²) < 4.78 is 0. The number of rotatable bonds is 3. The van der Waals surface area contributed by atoms with E-state index in [9.17, 15) is 14.4 Å². The van der Waals surface area contributed by atoms with E-state index < -0.39 is 5.92 Å². The highest BCUT2D eigenvalue weighted by Crippen LogP contribution is 2.39. The number of hydrogen-bond donors (Lipinski definition) is 1. The van der Waals surface area contributed by atoms with Crippen molar-refractivity contribution in [1.82, 2.24) is 15.3 Å². The monoisotopic (exact) mass is 461 g/mol. The molecule has 1 saturated heterocycles. The van der Waals surface area contributed by atoms with E-state index in [1.54, 1.807) is 16.0 Å². The minimum absolute atomic E-state index is 0.0783. The molecule has 0 spiro atoms. The van der Waals surface area contributed by atoms with E-state index in [-0.39, 0.29) is 30.7 Å². The molecular weight excluding hydrogens is 442 g/mol. The number of amides is 3. The van der Waals surface area contributed by atoms with Crippen molar-refractivity contribution < 1.29 is 14.4 Å². The maximum absolute atomic E-state index is 12.8. The molecule has 1 atom stereocenters. The topological polar surface area (TPSA) is 95.5 Å². The van der Waals surface area contributed by atoms with Gasteiger partial charge in [0, 0.05) is 24.7 Å². The van der Waals surface area contributed by atoms with E-state index in [0.717, 1.165) is 11.1 Å². The van der Waals surface area contributed by atoms with E-state index in [4.69, 9.17) is 11.6 Å². The summed E-state index contributed by atoms with van der Waals surface area (Å²) in [6.07, 6.45) is 3.81. The minimum atomic E-state index is -0.464. The maximum Gasteiger partial charge on any atom is 0.251 e. The van der Waals surface area contributed by atoms with Crippen LogP contribution in [0.3, 0.4) is 0 Å². The lowest BCUT2D eigenvalue weighted by atomic mass is 9.88. The number of benzene rings is 2. The molecule has 3 aromatic rings. The van der Waals surface area contributed by atoms with Crippen LogP contribution in [-0.4, -0.2) is 41.3 Å². The Morgan fingerprint density at radius 1 is 1.09 bits per heavy atom. The summed E-state index contributed by atoms with van der Waals surface area (Å²) in [7, 11) is 1.82. The third-order valence-corrected chi connectivity index (χ3v) is 6.40. The Labute approximate surface area is 195 Å². The van der Waals surface area contributed by atoms with Gasteiger partial charge in [0.1, 0.15) is 12.0 Å². The number of nitrogens with zero attached hydrogens (tertiary/aromatic N) is 4. The highest BCUT2D eigenvalue weighted by molar-refractivity contribution is 6.34. The number of fused-ring (bicyclic) bond motifs is 1. The second-order valence-electron chi connectivity index (χ2n) is 8.08. The van der Waals surface area contributed by atoms with Gasteiger partial charge in [0.15, 0.2) is 5.82 Å². The van der Waals surface area contributed by atoms with Crippen molar-refractivity contribution in [1.29, 1.82) is 0 Å². The number of piperidine rings is 1. The van der Waals surface area contributed by atoms with E-state index in [2.05, 4.69) is 15.3 Å². The maximum atomic E-state index is 12.8. The third kappa shape index (κ3) is 3.72. The van der Waals surface area contributed by atoms with Gasteiger partial charge in [0.05, 0.1) is 23.7 Å². The summed E-state index contributed by atoms with van der Waals surface area (Å²) in [6.45, 7) is 0.214. The number of likely N-dealkylation sites (N-methyl/N-ethyl adjacent to an activating group) is 1. The van der Waals surface area contributed by atoms with Crippen LogP contribution < -0.4 is 15.1 Å². The fourth-order valence-electron chi connectivity index (χ4n) is 4.36. The normalized spacial score (nSPS) is 18.2. The van der Waals surface area contributed by atoms with Crippen LogP contribution in [0, 0.1) is 0 Å². The molecule has 166 valence electrons. The molecule has 0 aliphatic carbocycles. The van der Waals surface area contributed by atoms with Gasteiger partial charge in [-0.1, -0.05) is 41.9 Å². The summed E-state index contributed by atoms with van der Waals surface area (Å²) in [5.74, 6) is -0.437. The second kappa shape index (κ2) is 8.29. The van der Waals surface area contributed by atoms with E-state index >= 15 is 0 Å². The fraction of sp³-hybridized carbons (Fsp3) is 0.208. The van der Waals surface area contributed by atoms with Gasteiger partial charge < -0.3 is 4.90 Å². The molecule has 2 aliphatic heterocycles. The number of aromatic nitrogens is 2. The molecule has 9 heteroatoms. The standard InChI is InChI=1S/C24H20ClN5O3/c1-29-12-21(32)30(19-11-26-13-27-23(19)29)15-7-5-14(6-8-15)16-3-2-4-17(22(16)25)18-9-10-20(31)28-24(18)33/h2-8,11,13,18H,9-10,12H2,1H3,(H,28,31,33). The van der Waals surface area contributed by atoms with Gasteiger partial charge in [-0.05, 0) is 29.7 Å². The van der Waals surface area contributed by atoms with Crippen molar-refractivity contribution in [2.24, 2.45) is 0 Å². The first-order chi connectivity index (χ1) is 15.9. The van der Waals surface area contributed by atoms with Gasteiger partial charge in [-0.25, -0.2) is 9.97 Å². The molecular formula is C24H20ClN5O3. The Morgan fingerprint density at radius 2 is 1.88 bits per heavy atom. The number of anilines is 3. The molecule has 0 radical (unpaired) electrons. The fourth-order valence-corrected chi connectivity index (χ4v) is 4.72. The van der Waals surface area contributed by atoms with Crippen LogP contribution in [0.5, 0.6) is 0 Å². The molecule has 1 unspecified atom stereocenters. The number of carbonyl (C=O) groups excluding carboxylic acids is 3. The molecule has 5 rings (SSSR count). The first-order valence-electron chi connectivity index (χ1n) is 10.5. The van der Waals surface area contributed by atoms with Crippen molar-refractivity contribution in [2.75, 3.05) is 23.4 Å². The van der Waals surface area contributed by atoms with Gasteiger partial charge in [0.25, 0.3) is 5.91 Å². The van der Waals surface area contributed by atoms with Gasteiger partial charge in [-0.3, -0.25) is 24.6 Å². The molecule has 8 nitrogen and oxygen atoms in total. The Kier molecular flexibility index (Phi) is 5.30. The highest BCUT2D eigenvalue weighted by atomic mass is 35.5. The lowest BCUT2D eigenvalue weighted by molar-refractivity contribution is -0.134. The quantitative estimate of drug-likeness (QED) is 0.600. The van der Waals surface area contributed by atoms with Crippen LogP contribution in [0.4, 0.5) is 17.2 Å². The van der Waals surface area contributed by atoms with Crippen molar-refractivity contribution in [3.63, 3.8) is 0 Å². The highest BCUT2D eigenvalue weighted by Gasteiger charge is 2.31. The number of imide groups is 1. The van der Waals surface area contributed by atoms with Crippen LogP contribution in [0.2, 0.25) is 5.02 Å². The van der Waals surface area contributed by atoms with E-state index in [1.165, 1.54) is 6.33 Å². The van der Waals surface area contributed by atoms with Crippen molar-refractivity contribution in [3.8, 4) is 11.1 Å². The minimum Gasteiger partial charge on any atom is -0.348 e. The summed E-state index contributed by atoms with van der Waals surface area (Å²) >= 11 is 6.72. The Hall–Kier alpha value is -3.78. The molecule has 1 fully saturated rings. The average Bonchev–Trinajstić information content (AvgIpc) is 2.80. The van der Waals surface area contributed by atoms with Gasteiger partial charge in [0.2, 0.25) is 11.8 Å². The first kappa shape index (κ1) is 21.1. The lowest BCUT2D eigenvalue weighted by Crippen LogP contribution is -2.42. The van der Waals surface area contributed by atoms with Gasteiger partial charge in [-0.15, -0.1) is 0 Å². The number of nitrogens with one attached hydrogen (secondary N) is 1. The molecule has 2 aromatic carbocycles. The Morgan fingerprint density at radius 3 is 2.64 bits per heavy atom. The Balaban J connectivity index is 1.48. The number of carbonyl (C=O) groups is 3. The van der Waals surface area contributed by atoms with E-state index in [1.807, 2.05) is 49.5 Å². The number of hydrogen-bond acceptors (Lipinski definition) is 6. The molecule has 0 bridgehead atoms. The zero-order valence-corrected chi connectivity index (χ0v) is 18.5. The summed E-state index contributed by atoms with van der Waals surface area (Å²) in [4.78, 5) is 48.4. The smallest absolute Gasteiger partial charge is 0.251 e. The molecule has 1 aromatic heterocycles. The SMILES string of the molecule is CN1CC(=O)N(c2ccc(-c3cccc(C4CCC(=O)NC4=O)c3Cl)cc2)c2cncnc21. The predicted octanol–water partition coefficient (Wildman–Crippen LogP) is 3.43. The molecule has 3 amide bonds. The zero-order valence-electron chi connectivity index (χ0n) is 17.8. The molecule has 0 saturated carbocycles. The summed E-state index contributed by atoms with van der Waals surface area (Å²) in [5, 5.41) is 2.87. The van der Waals surface area contributed by atoms with Gasteiger partial charge >= 0.3 is 0 Å². The van der Waals surface area contributed by atoms with Crippen LogP contribution in [0.15, 0.2) is 55.0 Å². The van der Waals surface area contributed by atoms with Crippen LogP contribution >= 0.6 is 11.6 Å². The molecule has 1 N–H and O–H groups in total. The second-order valence-corrected chi connectivity index (χ2v) is 8.45.